The van der Waals surface area contributed by atoms with E-state index in [2.05, 4.69) is 15.4 Å². The summed E-state index contributed by atoms with van der Waals surface area (Å²) in [6.07, 6.45) is -0.0349. The van der Waals surface area contributed by atoms with Crippen molar-refractivity contribution < 1.29 is 18.0 Å². The predicted molar refractivity (Wildman–Crippen MR) is 100 cm³/mol. The first-order chi connectivity index (χ1) is 13.0. The van der Waals surface area contributed by atoms with Crippen LogP contribution in [0.25, 0.3) is 0 Å². The van der Waals surface area contributed by atoms with Gasteiger partial charge in [-0.25, -0.2) is 17.9 Å². The monoisotopic (exact) mass is 407 g/mol. The predicted octanol–water partition coefficient (Wildman–Crippen LogP) is 5.14. The summed E-state index contributed by atoms with van der Waals surface area (Å²) < 4.78 is 42.8. The third kappa shape index (κ3) is 3.66. The summed E-state index contributed by atoms with van der Waals surface area (Å²) in [7, 11) is 0. The van der Waals surface area contributed by atoms with E-state index in [9.17, 15) is 18.0 Å². The molecule has 27 heavy (non-hydrogen) atoms. The summed E-state index contributed by atoms with van der Waals surface area (Å²) in [5.74, 6) is -4.85. The van der Waals surface area contributed by atoms with E-state index in [1.165, 1.54) is 11.9 Å². The van der Waals surface area contributed by atoms with Crippen LogP contribution in [-0.2, 0) is 0 Å². The normalized spacial score (nSPS) is 15.7. The van der Waals surface area contributed by atoms with Crippen molar-refractivity contribution in [1.29, 1.82) is 0 Å². The molecule has 0 bridgehead atoms. The minimum atomic E-state index is -1.57. The van der Waals surface area contributed by atoms with E-state index in [-0.39, 0.29) is 11.9 Å². The fraction of sp³-hybridized carbons (Fsp3) is 0.0556. The number of anilines is 2. The zero-order valence-electron chi connectivity index (χ0n) is 13.6. The number of carbonyl (C=O) groups excluding carboxylic acids is 1. The Morgan fingerprint density at radius 1 is 1.07 bits per heavy atom. The Hall–Kier alpha value is -2.49. The van der Waals surface area contributed by atoms with Gasteiger partial charge in [-0.3, -0.25) is 4.79 Å². The zero-order valence-corrected chi connectivity index (χ0v) is 15.2. The lowest BCUT2D eigenvalue weighted by molar-refractivity contribution is 0.102. The van der Waals surface area contributed by atoms with Crippen LogP contribution in [0.5, 0.6) is 0 Å². The average Bonchev–Trinajstić information content (AvgIpc) is 3.20. The van der Waals surface area contributed by atoms with Gasteiger partial charge in [-0.15, -0.1) is 11.3 Å². The number of thiophene rings is 1. The highest BCUT2D eigenvalue weighted by atomic mass is 32.2. The molecule has 4 nitrogen and oxygen atoms in total. The van der Waals surface area contributed by atoms with Crippen molar-refractivity contribution in [2.24, 2.45) is 0 Å². The van der Waals surface area contributed by atoms with Crippen LogP contribution in [0.4, 0.5) is 24.5 Å². The number of rotatable bonds is 3. The molecule has 3 N–H and O–H groups in total. The summed E-state index contributed by atoms with van der Waals surface area (Å²) in [6, 6.07) is 10.5. The van der Waals surface area contributed by atoms with Crippen LogP contribution in [0.3, 0.4) is 0 Å². The molecular weight excluding hydrogens is 395 g/mol. The van der Waals surface area contributed by atoms with Gasteiger partial charge in [0.05, 0.1) is 5.69 Å². The maximum absolute atomic E-state index is 13.3. The molecule has 1 unspecified atom stereocenters. The Morgan fingerprint density at radius 2 is 1.85 bits per heavy atom. The lowest BCUT2D eigenvalue weighted by Crippen LogP contribution is -2.26. The molecule has 0 aliphatic carbocycles. The summed E-state index contributed by atoms with van der Waals surface area (Å²) in [5.41, 5.74) is 1.02. The van der Waals surface area contributed by atoms with Crippen molar-refractivity contribution in [1.82, 2.24) is 4.72 Å². The molecule has 0 fully saturated rings. The number of carbonyl (C=O) groups is 1. The van der Waals surface area contributed by atoms with Gasteiger partial charge in [0.2, 0.25) is 0 Å². The quantitative estimate of drug-likeness (QED) is 0.416. The van der Waals surface area contributed by atoms with Gasteiger partial charge in [0.15, 0.2) is 17.5 Å². The largest absolute Gasteiger partial charge is 0.364 e. The molecule has 2 aromatic carbocycles. The SMILES string of the molecule is O=C(Nc1cc(F)c(F)c(F)c1)c1ccc2c(c1)SNC(c1cccs1)N2. The summed E-state index contributed by atoms with van der Waals surface area (Å²) >= 11 is 3.01. The highest BCUT2D eigenvalue weighted by Crippen LogP contribution is 2.36. The smallest absolute Gasteiger partial charge is 0.255 e. The van der Waals surface area contributed by atoms with Gasteiger partial charge >= 0.3 is 0 Å². The Morgan fingerprint density at radius 3 is 2.56 bits per heavy atom. The molecule has 3 aromatic rings. The summed E-state index contributed by atoms with van der Waals surface area (Å²) in [5, 5.41) is 7.71. The number of hydrogen-bond acceptors (Lipinski definition) is 5. The molecule has 9 heteroatoms. The molecule has 1 aliphatic heterocycles. The van der Waals surface area contributed by atoms with Gasteiger partial charge in [0, 0.05) is 33.2 Å². The second kappa shape index (κ2) is 7.26. The van der Waals surface area contributed by atoms with Crippen molar-refractivity contribution in [2.75, 3.05) is 10.6 Å². The molecule has 2 heterocycles. The Balaban J connectivity index is 1.51. The zero-order chi connectivity index (χ0) is 19.0. The highest BCUT2D eigenvalue weighted by Gasteiger charge is 2.21. The second-order valence-corrected chi connectivity index (χ2v) is 7.59. The van der Waals surface area contributed by atoms with Crippen molar-refractivity contribution in [3.8, 4) is 0 Å². The topological polar surface area (TPSA) is 53.2 Å². The van der Waals surface area contributed by atoms with Crippen LogP contribution in [0, 0.1) is 17.5 Å². The molecule has 0 spiro atoms. The third-order valence-electron chi connectivity index (χ3n) is 3.90. The van der Waals surface area contributed by atoms with Crippen LogP contribution in [0.2, 0.25) is 0 Å². The van der Waals surface area contributed by atoms with E-state index < -0.39 is 23.4 Å². The van der Waals surface area contributed by atoms with Crippen LogP contribution in [0.15, 0.2) is 52.7 Å². The molecule has 1 amide bonds. The fourth-order valence-corrected chi connectivity index (χ4v) is 4.24. The third-order valence-corrected chi connectivity index (χ3v) is 5.75. The molecule has 4 rings (SSSR count). The van der Waals surface area contributed by atoms with Gasteiger partial charge < -0.3 is 10.6 Å². The number of halogens is 3. The number of amides is 1. The molecular formula is C18H12F3N3OS2. The van der Waals surface area contributed by atoms with Crippen LogP contribution >= 0.6 is 23.3 Å². The first kappa shape index (κ1) is 17.9. The Labute approximate surface area is 160 Å². The lowest BCUT2D eigenvalue weighted by atomic mass is 10.1. The molecule has 1 aliphatic rings. The van der Waals surface area contributed by atoms with Crippen LogP contribution in [0.1, 0.15) is 21.4 Å². The van der Waals surface area contributed by atoms with Gasteiger partial charge in [-0.05, 0) is 41.6 Å². The first-order valence-electron chi connectivity index (χ1n) is 7.83. The molecule has 0 saturated heterocycles. The Bertz CT molecular complexity index is 988. The standard InChI is InChI=1S/C18H12F3N3OS2/c19-11-7-10(8-12(20)16(11)21)22-18(25)9-3-4-13-15(6-9)27-24-17(23-13)14-2-1-5-26-14/h1-8,17,23-24H,(H,22,25). The second-order valence-electron chi connectivity index (χ2n) is 5.73. The maximum atomic E-state index is 13.3. The molecule has 0 saturated carbocycles. The van der Waals surface area contributed by atoms with E-state index >= 15 is 0 Å². The number of nitrogens with one attached hydrogen (secondary N) is 3. The van der Waals surface area contributed by atoms with E-state index in [4.69, 9.17) is 0 Å². The summed E-state index contributed by atoms with van der Waals surface area (Å²) in [6.45, 7) is 0. The maximum Gasteiger partial charge on any atom is 0.255 e. The van der Waals surface area contributed by atoms with Crippen LogP contribution < -0.4 is 15.4 Å². The van der Waals surface area contributed by atoms with Crippen molar-refractivity contribution in [2.45, 2.75) is 11.1 Å². The number of benzene rings is 2. The molecule has 0 radical (unpaired) electrons. The van der Waals surface area contributed by atoms with E-state index in [0.717, 1.165) is 27.6 Å². The molecule has 138 valence electrons. The molecule has 1 atom stereocenters. The van der Waals surface area contributed by atoms with Gasteiger partial charge in [-0.1, -0.05) is 6.07 Å². The van der Waals surface area contributed by atoms with Gasteiger partial charge in [0.25, 0.3) is 5.91 Å². The van der Waals surface area contributed by atoms with Crippen molar-refractivity contribution in [3.05, 3.63) is 75.7 Å². The summed E-state index contributed by atoms with van der Waals surface area (Å²) in [4.78, 5) is 14.3. The van der Waals surface area contributed by atoms with E-state index in [1.807, 2.05) is 17.5 Å². The van der Waals surface area contributed by atoms with E-state index in [0.29, 0.717) is 5.56 Å². The minimum Gasteiger partial charge on any atom is -0.364 e. The number of hydrogen-bond donors (Lipinski definition) is 3. The van der Waals surface area contributed by atoms with Crippen LogP contribution in [-0.4, -0.2) is 5.91 Å². The average molecular weight is 407 g/mol. The highest BCUT2D eigenvalue weighted by molar-refractivity contribution is 7.97. The number of fused-ring (bicyclic) bond motifs is 1. The van der Waals surface area contributed by atoms with Crippen molar-refractivity contribution >= 4 is 40.6 Å². The minimum absolute atomic E-state index is 0.0349. The first-order valence-corrected chi connectivity index (χ1v) is 9.53. The van der Waals surface area contributed by atoms with E-state index in [1.54, 1.807) is 29.5 Å². The fourth-order valence-electron chi connectivity index (χ4n) is 2.59. The molecule has 1 aromatic heterocycles. The van der Waals surface area contributed by atoms with Gasteiger partial charge in [-0.2, -0.15) is 0 Å². The van der Waals surface area contributed by atoms with Gasteiger partial charge in [0.1, 0.15) is 6.17 Å². The Kier molecular flexibility index (Phi) is 4.81. The lowest BCUT2D eigenvalue weighted by Gasteiger charge is -2.27. The van der Waals surface area contributed by atoms with Crippen molar-refractivity contribution in [3.63, 3.8) is 0 Å².